The normalized spacial score (nSPS) is 18.3. The Morgan fingerprint density at radius 1 is 0.417 bits per heavy atom. The molecule has 0 aromatic heterocycles. The van der Waals surface area contributed by atoms with Gasteiger partial charge in [-0.15, -0.1) is 0 Å². The molecule has 0 saturated carbocycles. The Kier molecular flexibility index (Phi) is 5.31. The van der Waals surface area contributed by atoms with Gasteiger partial charge in [0.2, 0.25) is 5.96 Å². The third kappa shape index (κ3) is 3.09. The summed E-state index contributed by atoms with van der Waals surface area (Å²) in [7, 11) is 0. The van der Waals surface area contributed by atoms with Crippen molar-refractivity contribution in [2.75, 3.05) is 31.1 Å². The van der Waals surface area contributed by atoms with E-state index in [9.17, 15) is 0 Å². The second-order valence-electron chi connectivity index (χ2n) is 14.0. The summed E-state index contributed by atoms with van der Waals surface area (Å²) in [4.78, 5) is 10.1. The molecular weight excluding hydrogens is 583 g/mol. The third-order valence-electron chi connectivity index (χ3n) is 11.9. The summed E-state index contributed by atoms with van der Waals surface area (Å²) in [5.41, 5.74) is 16.7. The summed E-state index contributed by atoms with van der Waals surface area (Å²) in [6.07, 6.45) is 2.27. The molecular formula is C45H35N3. The van der Waals surface area contributed by atoms with E-state index in [4.69, 9.17) is 4.99 Å². The molecule has 0 unspecified atom stereocenters. The van der Waals surface area contributed by atoms with Crippen LogP contribution in [0.2, 0.25) is 0 Å². The van der Waals surface area contributed by atoms with Gasteiger partial charge in [-0.1, -0.05) is 127 Å². The molecule has 6 aromatic rings. The first-order chi connectivity index (χ1) is 23.8. The SMILES string of the molecule is c1ccc2c(c1)-c1ccccc1C21c2ccccc2C2(c3ccccc3-c3ccccc32)c2cc(N3CCCN4CCCN=C43)ccc21. The van der Waals surface area contributed by atoms with Gasteiger partial charge < -0.3 is 9.80 Å². The minimum absolute atomic E-state index is 0.439. The van der Waals surface area contributed by atoms with Gasteiger partial charge in [-0.25, -0.2) is 0 Å². The first-order valence-electron chi connectivity index (χ1n) is 17.5. The number of hydrogen-bond donors (Lipinski definition) is 0. The van der Waals surface area contributed by atoms with E-state index in [2.05, 4.69) is 149 Å². The Labute approximate surface area is 281 Å². The maximum Gasteiger partial charge on any atom is 0.201 e. The number of aliphatic imine (C=N–C) groups is 1. The highest BCUT2D eigenvalue weighted by atomic mass is 15.4. The van der Waals surface area contributed by atoms with Gasteiger partial charge in [-0.3, -0.25) is 4.99 Å². The summed E-state index contributed by atoms with van der Waals surface area (Å²) < 4.78 is 0. The fourth-order valence-corrected chi connectivity index (χ4v) is 10.3. The molecule has 3 nitrogen and oxygen atoms in total. The van der Waals surface area contributed by atoms with Crippen LogP contribution >= 0.6 is 0 Å². The number of anilines is 1. The van der Waals surface area contributed by atoms with Crippen LogP contribution in [-0.4, -0.2) is 37.0 Å². The minimum Gasteiger partial charge on any atom is -0.342 e. The van der Waals surface area contributed by atoms with Crippen LogP contribution < -0.4 is 4.90 Å². The summed E-state index contributed by atoms with van der Waals surface area (Å²) >= 11 is 0. The van der Waals surface area contributed by atoms with E-state index in [1.807, 2.05) is 0 Å². The standard InChI is InChI=1S/C45H35N3/c1-5-17-35-31(13-1)32-14-2-6-18-36(32)44(35)39-21-9-10-22-40(39)45(37-19-7-3-15-33(37)34-16-4-8-20-38(34)45)42-29-30(23-24-41(42)44)48-28-12-27-47-26-11-25-46-43(47)48/h1-10,13-24,29H,11-12,25-28H2. The molecule has 0 atom stereocenters. The lowest BCUT2D eigenvalue weighted by Crippen LogP contribution is -2.52. The van der Waals surface area contributed by atoms with Gasteiger partial charge in [0.15, 0.2) is 0 Å². The van der Waals surface area contributed by atoms with Crippen molar-refractivity contribution in [3.63, 3.8) is 0 Å². The highest BCUT2D eigenvalue weighted by Gasteiger charge is 2.59. The van der Waals surface area contributed by atoms with Crippen molar-refractivity contribution >= 4 is 11.6 Å². The van der Waals surface area contributed by atoms with E-state index < -0.39 is 10.8 Å². The summed E-state index contributed by atoms with van der Waals surface area (Å²) in [6.45, 7) is 4.08. The van der Waals surface area contributed by atoms with E-state index in [0.29, 0.717) is 0 Å². The molecule has 0 bridgehead atoms. The second-order valence-corrected chi connectivity index (χ2v) is 14.0. The van der Waals surface area contributed by atoms with Crippen LogP contribution in [0.4, 0.5) is 5.69 Å². The van der Waals surface area contributed by atoms with Crippen molar-refractivity contribution in [1.82, 2.24) is 4.90 Å². The lowest BCUT2D eigenvalue weighted by atomic mass is 9.52. The number of guanidine groups is 1. The highest BCUT2D eigenvalue weighted by molar-refractivity contribution is 5.99. The molecule has 2 aliphatic heterocycles. The summed E-state index contributed by atoms with van der Waals surface area (Å²) in [6, 6.07) is 53.5. The zero-order chi connectivity index (χ0) is 31.5. The van der Waals surface area contributed by atoms with E-state index in [1.54, 1.807) is 0 Å². The minimum atomic E-state index is -0.462. The Morgan fingerprint density at radius 2 is 0.854 bits per heavy atom. The van der Waals surface area contributed by atoms with E-state index >= 15 is 0 Å². The molecule has 0 amide bonds. The van der Waals surface area contributed by atoms with Crippen LogP contribution in [-0.2, 0) is 10.8 Å². The Bertz CT molecular complexity index is 2260. The largest absolute Gasteiger partial charge is 0.342 e. The number of rotatable bonds is 1. The average Bonchev–Trinajstić information content (AvgIpc) is 3.62. The lowest BCUT2D eigenvalue weighted by molar-refractivity contribution is 0.360. The molecule has 3 heteroatoms. The molecule has 48 heavy (non-hydrogen) atoms. The van der Waals surface area contributed by atoms with E-state index in [1.165, 1.54) is 72.4 Å². The first-order valence-corrected chi connectivity index (χ1v) is 17.5. The number of fused-ring (bicyclic) bond motifs is 17. The molecule has 11 rings (SSSR count). The van der Waals surface area contributed by atoms with Gasteiger partial charge in [0.05, 0.1) is 10.8 Å². The summed E-state index contributed by atoms with van der Waals surface area (Å²) in [5.74, 6) is 1.15. The molecule has 1 saturated heterocycles. The van der Waals surface area contributed by atoms with Gasteiger partial charge >= 0.3 is 0 Å². The quantitative estimate of drug-likeness (QED) is 0.183. The predicted octanol–water partition coefficient (Wildman–Crippen LogP) is 9.00. The van der Waals surface area contributed by atoms with Crippen molar-refractivity contribution < 1.29 is 0 Å². The molecule has 230 valence electrons. The molecule has 0 N–H and O–H groups in total. The average molecular weight is 618 g/mol. The fraction of sp³-hybridized carbons (Fsp3) is 0.178. The molecule has 0 radical (unpaired) electrons. The number of nitrogens with zero attached hydrogens (tertiary/aromatic N) is 3. The zero-order valence-electron chi connectivity index (χ0n) is 26.9. The molecule has 5 aliphatic rings. The molecule has 2 heterocycles. The maximum absolute atomic E-state index is 5.12. The Balaban J connectivity index is 1.31. The van der Waals surface area contributed by atoms with Gasteiger partial charge in [0.25, 0.3) is 0 Å². The van der Waals surface area contributed by atoms with Crippen molar-refractivity contribution in [3.8, 4) is 22.3 Å². The highest BCUT2D eigenvalue weighted by Crippen LogP contribution is 2.67. The van der Waals surface area contributed by atoms with Crippen LogP contribution in [0, 0.1) is 0 Å². The van der Waals surface area contributed by atoms with Gasteiger partial charge in [0, 0.05) is 31.9 Å². The third-order valence-corrected chi connectivity index (χ3v) is 11.9. The zero-order valence-corrected chi connectivity index (χ0v) is 26.9. The van der Waals surface area contributed by atoms with Crippen molar-refractivity contribution in [1.29, 1.82) is 0 Å². The van der Waals surface area contributed by atoms with E-state index in [-0.39, 0.29) is 0 Å². The van der Waals surface area contributed by atoms with Crippen LogP contribution in [0.5, 0.6) is 0 Å². The molecule has 1 fully saturated rings. The van der Waals surface area contributed by atoms with E-state index in [0.717, 1.165) is 45.0 Å². The fourth-order valence-electron chi connectivity index (χ4n) is 10.3. The Hall–Kier alpha value is -5.41. The van der Waals surface area contributed by atoms with Crippen LogP contribution in [0.3, 0.4) is 0 Å². The van der Waals surface area contributed by atoms with Crippen molar-refractivity contribution in [2.45, 2.75) is 23.7 Å². The maximum atomic E-state index is 5.12. The van der Waals surface area contributed by atoms with Crippen molar-refractivity contribution in [2.24, 2.45) is 4.99 Å². The predicted molar refractivity (Wildman–Crippen MR) is 195 cm³/mol. The number of hydrogen-bond acceptors (Lipinski definition) is 3. The van der Waals surface area contributed by atoms with Crippen LogP contribution in [0.25, 0.3) is 22.3 Å². The smallest absolute Gasteiger partial charge is 0.201 e. The number of benzene rings is 6. The van der Waals surface area contributed by atoms with Crippen LogP contribution in [0.1, 0.15) is 57.3 Å². The van der Waals surface area contributed by atoms with Crippen molar-refractivity contribution in [3.05, 3.63) is 184 Å². The van der Waals surface area contributed by atoms with Crippen LogP contribution in [0.15, 0.2) is 145 Å². The van der Waals surface area contributed by atoms with Gasteiger partial charge in [0.1, 0.15) is 0 Å². The molecule has 2 spiro atoms. The molecule has 6 aromatic carbocycles. The Morgan fingerprint density at radius 3 is 1.40 bits per heavy atom. The first kappa shape index (κ1) is 26.6. The molecule has 3 aliphatic carbocycles. The van der Waals surface area contributed by atoms with Gasteiger partial charge in [-0.2, -0.15) is 0 Å². The second kappa shape index (κ2) is 9.58. The summed E-state index contributed by atoms with van der Waals surface area (Å²) in [5, 5.41) is 0. The lowest BCUT2D eigenvalue weighted by Gasteiger charge is -2.49. The monoisotopic (exact) mass is 617 g/mol. The topological polar surface area (TPSA) is 18.8 Å². The van der Waals surface area contributed by atoms with Gasteiger partial charge in [-0.05, 0) is 91.7 Å².